The highest BCUT2D eigenvalue weighted by Gasteiger charge is 2.15. The maximum atomic E-state index is 12.3. The van der Waals surface area contributed by atoms with E-state index in [9.17, 15) is 4.79 Å². The zero-order valence-corrected chi connectivity index (χ0v) is 12.1. The van der Waals surface area contributed by atoms with E-state index >= 15 is 0 Å². The summed E-state index contributed by atoms with van der Waals surface area (Å²) < 4.78 is 0. The van der Waals surface area contributed by atoms with E-state index in [0.29, 0.717) is 11.3 Å². The van der Waals surface area contributed by atoms with Gasteiger partial charge in [0.1, 0.15) is 0 Å². The van der Waals surface area contributed by atoms with E-state index in [0.717, 1.165) is 11.1 Å². The number of aryl methyl sites for hydroxylation is 1. The molecule has 2 aromatic rings. The van der Waals surface area contributed by atoms with Crippen LogP contribution in [0.25, 0.3) is 0 Å². The Morgan fingerprint density at radius 2 is 1.80 bits per heavy atom. The second-order valence-corrected chi connectivity index (χ2v) is 5.07. The molecule has 0 aliphatic heterocycles. The number of rotatable bonds is 3. The molecule has 0 bridgehead atoms. The molecule has 0 radical (unpaired) electrons. The normalized spacial score (nSPS) is 11.9. The molecular formula is C17H20N2O. The van der Waals surface area contributed by atoms with Gasteiger partial charge in [0.2, 0.25) is 0 Å². The van der Waals surface area contributed by atoms with Gasteiger partial charge in [-0.15, -0.1) is 0 Å². The van der Waals surface area contributed by atoms with Crippen LogP contribution in [-0.2, 0) is 0 Å². The van der Waals surface area contributed by atoms with E-state index < -0.39 is 0 Å². The molecule has 1 atom stereocenters. The van der Waals surface area contributed by atoms with Gasteiger partial charge < -0.3 is 11.1 Å². The number of benzene rings is 2. The quantitative estimate of drug-likeness (QED) is 0.838. The number of carbonyl (C=O) groups excluding carboxylic acids is 1. The van der Waals surface area contributed by atoms with Gasteiger partial charge in [-0.1, -0.05) is 30.3 Å². The Morgan fingerprint density at radius 3 is 2.50 bits per heavy atom. The van der Waals surface area contributed by atoms with Crippen LogP contribution in [0.5, 0.6) is 0 Å². The summed E-state index contributed by atoms with van der Waals surface area (Å²) >= 11 is 0. The number of nitrogens with one attached hydrogen (secondary N) is 1. The van der Waals surface area contributed by atoms with Crippen molar-refractivity contribution in [2.45, 2.75) is 26.8 Å². The summed E-state index contributed by atoms with van der Waals surface area (Å²) in [6.07, 6.45) is 0. The predicted octanol–water partition coefficient (Wildman–Crippen LogP) is 3.38. The Bertz CT molecular complexity index is 635. The third-order valence-corrected chi connectivity index (χ3v) is 3.62. The van der Waals surface area contributed by atoms with Gasteiger partial charge >= 0.3 is 0 Å². The van der Waals surface area contributed by atoms with Crippen molar-refractivity contribution in [2.75, 3.05) is 5.73 Å². The molecule has 2 rings (SSSR count). The number of amides is 1. The summed E-state index contributed by atoms with van der Waals surface area (Å²) in [5, 5.41) is 3.03. The van der Waals surface area contributed by atoms with Crippen molar-refractivity contribution in [3.63, 3.8) is 0 Å². The number of carbonyl (C=O) groups is 1. The highest BCUT2D eigenvalue weighted by atomic mass is 16.1. The summed E-state index contributed by atoms with van der Waals surface area (Å²) in [5.74, 6) is -0.0921. The predicted molar refractivity (Wildman–Crippen MR) is 82.7 cm³/mol. The lowest BCUT2D eigenvalue weighted by atomic mass is 10.0. The minimum Gasteiger partial charge on any atom is -0.398 e. The van der Waals surface area contributed by atoms with Crippen LogP contribution >= 0.6 is 0 Å². The minimum absolute atomic E-state index is 0.0375. The molecule has 3 heteroatoms. The molecule has 20 heavy (non-hydrogen) atoms. The topological polar surface area (TPSA) is 55.1 Å². The highest BCUT2D eigenvalue weighted by molar-refractivity contribution is 5.97. The van der Waals surface area contributed by atoms with Gasteiger partial charge in [-0.25, -0.2) is 0 Å². The number of nitrogens with two attached hydrogens (primary N) is 1. The van der Waals surface area contributed by atoms with Crippen LogP contribution in [0.2, 0.25) is 0 Å². The van der Waals surface area contributed by atoms with E-state index in [-0.39, 0.29) is 11.9 Å². The molecule has 104 valence electrons. The van der Waals surface area contributed by atoms with Gasteiger partial charge in [-0.2, -0.15) is 0 Å². The van der Waals surface area contributed by atoms with E-state index in [1.165, 1.54) is 5.56 Å². The standard InChI is InChI=1S/C17H20N2O/c1-11-7-4-5-8-14(11)13(3)19-17(20)15-9-6-10-16(18)12(15)2/h4-10,13H,18H2,1-3H3,(H,19,20)/t13-/m0/s1. The molecule has 3 nitrogen and oxygen atoms in total. The first kappa shape index (κ1) is 14.1. The van der Waals surface area contributed by atoms with Crippen molar-refractivity contribution in [3.8, 4) is 0 Å². The summed E-state index contributed by atoms with van der Waals surface area (Å²) in [5.41, 5.74) is 10.2. The Kier molecular flexibility index (Phi) is 4.08. The molecule has 0 saturated carbocycles. The van der Waals surface area contributed by atoms with Gasteiger partial charge in [0, 0.05) is 11.3 Å². The van der Waals surface area contributed by atoms with Gasteiger partial charge in [0.15, 0.2) is 0 Å². The fourth-order valence-corrected chi connectivity index (χ4v) is 2.32. The van der Waals surface area contributed by atoms with Crippen LogP contribution in [0.4, 0.5) is 5.69 Å². The molecule has 0 aliphatic rings. The molecule has 0 unspecified atom stereocenters. The molecule has 0 fully saturated rings. The number of hydrogen-bond acceptors (Lipinski definition) is 2. The second-order valence-electron chi connectivity index (χ2n) is 5.07. The highest BCUT2D eigenvalue weighted by Crippen LogP contribution is 2.19. The SMILES string of the molecule is Cc1ccccc1[C@H](C)NC(=O)c1cccc(N)c1C. The molecule has 0 aromatic heterocycles. The third kappa shape index (κ3) is 2.82. The Morgan fingerprint density at radius 1 is 1.10 bits per heavy atom. The first-order chi connectivity index (χ1) is 9.50. The van der Waals surface area contributed by atoms with Gasteiger partial charge in [-0.05, 0) is 49.6 Å². The first-order valence-electron chi connectivity index (χ1n) is 6.72. The van der Waals surface area contributed by atoms with Gasteiger partial charge in [0.25, 0.3) is 5.91 Å². The van der Waals surface area contributed by atoms with Crippen LogP contribution in [0.1, 0.15) is 40.0 Å². The Labute approximate surface area is 119 Å². The molecule has 1 amide bonds. The lowest BCUT2D eigenvalue weighted by molar-refractivity contribution is 0.0939. The largest absolute Gasteiger partial charge is 0.398 e. The average Bonchev–Trinajstić information content (AvgIpc) is 2.42. The van der Waals surface area contributed by atoms with Crippen molar-refractivity contribution in [2.24, 2.45) is 0 Å². The number of hydrogen-bond donors (Lipinski definition) is 2. The van der Waals surface area contributed by atoms with E-state index in [4.69, 9.17) is 5.73 Å². The van der Waals surface area contributed by atoms with Crippen molar-refractivity contribution in [1.82, 2.24) is 5.32 Å². The third-order valence-electron chi connectivity index (χ3n) is 3.62. The van der Waals surface area contributed by atoms with E-state index in [1.807, 2.05) is 45.0 Å². The molecule has 0 saturated heterocycles. The minimum atomic E-state index is -0.0921. The van der Waals surface area contributed by atoms with Crippen molar-refractivity contribution >= 4 is 11.6 Å². The molecule has 0 aliphatic carbocycles. The van der Waals surface area contributed by atoms with Gasteiger partial charge in [-0.3, -0.25) is 4.79 Å². The van der Waals surface area contributed by atoms with Crippen LogP contribution in [0, 0.1) is 13.8 Å². The van der Waals surface area contributed by atoms with Crippen LogP contribution < -0.4 is 11.1 Å². The zero-order chi connectivity index (χ0) is 14.7. The maximum Gasteiger partial charge on any atom is 0.252 e. The van der Waals surface area contributed by atoms with Crippen LogP contribution in [0.15, 0.2) is 42.5 Å². The number of nitrogen functional groups attached to an aromatic ring is 1. The molecule has 0 heterocycles. The zero-order valence-electron chi connectivity index (χ0n) is 12.1. The van der Waals surface area contributed by atoms with Crippen LogP contribution in [0.3, 0.4) is 0 Å². The first-order valence-corrected chi connectivity index (χ1v) is 6.72. The molecular weight excluding hydrogens is 248 g/mol. The summed E-state index contributed by atoms with van der Waals surface area (Å²) in [4.78, 5) is 12.3. The molecule has 2 aromatic carbocycles. The van der Waals surface area contributed by atoms with Crippen molar-refractivity contribution in [1.29, 1.82) is 0 Å². The smallest absolute Gasteiger partial charge is 0.252 e. The fraction of sp³-hybridized carbons (Fsp3) is 0.235. The average molecular weight is 268 g/mol. The van der Waals surface area contributed by atoms with Crippen LogP contribution in [-0.4, -0.2) is 5.91 Å². The van der Waals surface area contributed by atoms with Gasteiger partial charge in [0.05, 0.1) is 6.04 Å². The Balaban J connectivity index is 2.20. The monoisotopic (exact) mass is 268 g/mol. The Hall–Kier alpha value is -2.29. The maximum absolute atomic E-state index is 12.3. The lowest BCUT2D eigenvalue weighted by Gasteiger charge is -2.17. The second kappa shape index (κ2) is 5.78. The molecule has 0 spiro atoms. The van der Waals surface area contributed by atoms with Crippen molar-refractivity contribution in [3.05, 3.63) is 64.7 Å². The van der Waals surface area contributed by atoms with Crippen molar-refractivity contribution < 1.29 is 4.79 Å². The summed E-state index contributed by atoms with van der Waals surface area (Å²) in [7, 11) is 0. The van der Waals surface area contributed by atoms with E-state index in [2.05, 4.69) is 5.32 Å². The van der Waals surface area contributed by atoms with E-state index in [1.54, 1.807) is 18.2 Å². The summed E-state index contributed by atoms with van der Waals surface area (Å²) in [6, 6.07) is 13.4. The summed E-state index contributed by atoms with van der Waals surface area (Å²) in [6.45, 7) is 5.90. The number of anilines is 1. The fourth-order valence-electron chi connectivity index (χ4n) is 2.32. The molecule has 3 N–H and O–H groups in total. The lowest BCUT2D eigenvalue weighted by Crippen LogP contribution is -2.27.